The van der Waals surface area contributed by atoms with Crippen LogP contribution < -0.4 is 0 Å². The first-order chi connectivity index (χ1) is 8.18. The molecule has 2 rings (SSSR count). The van der Waals surface area contributed by atoms with E-state index in [2.05, 4.69) is 0 Å². The van der Waals surface area contributed by atoms with Crippen molar-refractivity contribution >= 4 is 5.97 Å². The maximum atomic E-state index is 11.9. The van der Waals surface area contributed by atoms with Gasteiger partial charge in [0, 0.05) is 13.2 Å². The van der Waals surface area contributed by atoms with Gasteiger partial charge in [-0.2, -0.15) is 0 Å². The smallest absolute Gasteiger partial charge is 0.355 e. The van der Waals surface area contributed by atoms with Crippen molar-refractivity contribution in [3.8, 4) is 0 Å². The van der Waals surface area contributed by atoms with Crippen molar-refractivity contribution < 1.29 is 9.53 Å². The van der Waals surface area contributed by atoms with E-state index in [1.165, 1.54) is 0 Å². The molecule has 0 aliphatic heterocycles. The van der Waals surface area contributed by atoms with E-state index in [-0.39, 0.29) is 12.1 Å². The molecule has 3 heteroatoms. The highest BCUT2D eigenvalue weighted by atomic mass is 16.5. The molecular weight excluding hydrogens is 214 g/mol. The number of esters is 1. The van der Waals surface area contributed by atoms with Gasteiger partial charge in [-0.1, -0.05) is 30.3 Å². The summed E-state index contributed by atoms with van der Waals surface area (Å²) in [6.45, 7) is 1.87. The molecule has 0 bridgehead atoms. The Morgan fingerprint density at radius 2 is 1.88 bits per heavy atom. The van der Waals surface area contributed by atoms with Gasteiger partial charge in [0.25, 0.3) is 0 Å². The molecule has 0 saturated carbocycles. The molecule has 0 amide bonds. The molecule has 0 saturated heterocycles. The first-order valence-electron chi connectivity index (χ1n) is 5.56. The Hall–Kier alpha value is -2.03. The van der Waals surface area contributed by atoms with Crippen molar-refractivity contribution in [2.45, 2.75) is 13.0 Å². The monoisotopic (exact) mass is 229 g/mol. The summed E-state index contributed by atoms with van der Waals surface area (Å²) in [6, 6.07) is 13.3. The summed E-state index contributed by atoms with van der Waals surface area (Å²) in [6.07, 6.45) is 1.59. The van der Waals surface area contributed by atoms with Crippen LogP contribution in [0.4, 0.5) is 0 Å². The summed E-state index contributed by atoms with van der Waals surface area (Å²) in [5.41, 5.74) is 1.56. The predicted molar refractivity (Wildman–Crippen MR) is 65.7 cm³/mol. The fraction of sp³-hybridized carbons (Fsp3) is 0.214. The Labute approximate surface area is 101 Å². The maximum Gasteiger partial charge on any atom is 0.355 e. The van der Waals surface area contributed by atoms with Crippen LogP contribution in [0.5, 0.6) is 0 Å². The lowest BCUT2D eigenvalue weighted by molar-refractivity contribution is 0.0326. The second-order valence-electron chi connectivity index (χ2n) is 3.96. The lowest BCUT2D eigenvalue weighted by Gasteiger charge is -2.13. The number of ether oxygens (including phenoxy) is 1. The van der Waals surface area contributed by atoms with Crippen LogP contribution in [0.25, 0.3) is 0 Å². The molecule has 1 aromatic carbocycles. The highest BCUT2D eigenvalue weighted by molar-refractivity contribution is 5.87. The number of rotatable bonds is 3. The van der Waals surface area contributed by atoms with Gasteiger partial charge in [-0.05, 0) is 24.6 Å². The Kier molecular flexibility index (Phi) is 3.28. The van der Waals surface area contributed by atoms with Crippen LogP contribution in [0.3, 0.4) is 0 Å². The number of hydrogen-bond donors (Lipinski definition) is 0. The first kappa shape index (κ1) is 11.5. The number of carbonyl (C=O) groups is 1. The zero-order valence-electron chi connectivity index (χ0n) is 9.96. The van der Waals surface area contributed by atoms with Crippen molar-refractivity contribution in [3.05, 3.63) is 59.9 Å². The Balaban J connectivity index is 2.08. The van der Waals surface area contributed by atoms with Gasteiger partial charge in [0.2, 0.25) is 0 Å². The van der Waals surface area contributed by atoms with E-state index in [1.807, 2.05) is 56.6 Å². The van der Waals surface area contributed by atoms with Crippen LogP contribution in [-0.4, -0.2) is 10.5 Å². The van der Waals surface area contributed by atoms with Crippen molar-refractivity contribution in [1.82, 2.24) is 4.57 Å². The molecule has 0 aliphatic rings. The fourth-order valence-corrected chi connectivity index (χ4v) is 1.69. The summed E-state index contributed by atoms with van der Waals surface area (Å²) >= 11 is 0. The summed E-state index contributed by atoms with van der Waals surface area (Å²) in [4.78, 5) is 11.9. The average molecular weight is 229 g/mol. The maximum absolute atomic E-state index is 11.9. The van der Waals surface area contributed by atoms with Crippen molar-refractivity contribution in [2.24, 2.45) is 7.05 Å². The first-order valence-corrected chi connectivity index (χ1v) is 5.56. The fourth-order valence-electron chi connectivity index (χ4n) is 1.69. The van der Waals surface area contributed by atoms with E-state index in [9.17, 15) is 4.79 Å². The minimum Gasteiger partial charge on any atom is -0.453 e. The van der Waals surface area contributed by atoms with Crippen molar-refractivity contribution in [2.75, 3.05) is 0 Å². The molecule has 1 atom stereocenters. The zero-order valence-corrected chi connectivity index (χ0v) is 9.96. The van der Waals surface area contributed by atoms with Crippen LogP contribution in [0.2, 0.25) is 0 Å². The van der Waals surface area contributed by atoms with Crippen LogP contribution in [0, 0.1) is 0 Å². The Bertz CT molecular complexity index is 502. The standard InChI is InChI=1S/C14H15NO2/c1-11(12-7-4-3-5-8-12)17-14(16)13-9-6-10-15(13)2/h3-11H,1-2H3/t11-/m0/s1. The molecule has 1 aromatic heterocycles. The molecular formula is C14H15NO2. The molecule has 3 nitrogen and oxygen atoms in total. The molecule has 17 heavy (non-hydrogen) atoms. The summed E-state index contributed by atoms with van der Waals surface area (Å²) in [7, 11) is 1.82. The third kappa shape index (κ3) is 2.56. The third-order valence-electron chi connectivity index (χ3n) is 2.71. The van der Waals surface area contributed by atoms with Gasteiger partial charge >= 0.3 is 5.97 Å². The number of aromatic nitrogens is 1. The zero-order chi connectivity index (χ0) is 12.3. The topological polar surface area (TPSA) is 31.2 Å². The van der Waals surface area contributed by atoms with Crippen LogP contribution >= 0.6 is 0 Å². The third-order valence-corrected chi connectivity index (χ3v) is 2.71. The van der Waals surface area contributed by atoms with Gasteiger partial charge in [0.05, 0.1) is 0 Å². The van der Waals surface area contributed by atoms with Gasteiger partial charge in [0.1, 0.15) is 11.8 Å². The van der Waals surface area contributed by atoms with E-state index in [0.29, 0.717) is 5.69 Å². The van der Waals surface area contributed by atoms with E-state index >= 15 is 0 Å². The van der Waals surface area contributed by atoms with Gasteiger partial charge in [-0.15, -0.1) is 0 Å². The predicted octanol–water partition coefficient (Wildman–Crippen LogP) is 2.94. The highest BCUT2D eigenvalue weighted by Crippen LogP contribution is 2.17. The average Bonchev–Trinajstić information content (AvgIpc) is 2.76. The second kappa shape index (κ2) is 4.87. The summed E-state index contributed by atoms with van der Waals surface area (Å²) < 4.78 is 7.15. The number of aryl methyl sites for hydroxylation is 1. The van der Waals surface area contributed by atoms with Crippen molar-refractivity contribution in [3.63, 3.8) is 0 Å². The number of hydrogen-bond acceptors (Lipinski definition) is 2. The number of carbonyl (C=O) groups excluding carboxylic acids is 1. The summed E-state index contributed by atoms with van der Waals surface area (Å²) in [5, 5.41) is 0. The van der Waals surface area contributed by atoms with Gasteiger partial charge in [-0.25, -0.2) is 4.79 Å². The van der Waals surface area contributed by atoms with Gasteiger partial charge < -0.3 is 9.30 Å². The molecule has 0 spiro atoms. The Morgan fingerprint density at radius 3 is 2.47 bits per heavy atom. The minimum atomic E-state index is -0.297. The quantitative estimate of drug-likeness (QED) is 0.758. The SMILES string of the molecule is C[C@H](OC(=O)c1cccn1C)c1ccccc1. The van der Waals surface area contributed by atoms with Crippen LogP contribution in [-0.2, 0) is 11.8 Å². The van der Waals surface area contributed by atoms with Crippen LogP contribution in [0.15, 0.2) is 48.7 Å². The molecule has 2 aromatic rings. The van der Waals surface area contributed by atoms with E-state index in [4.69, 9.17) is 4.74 Å². The van der Waals surface area contributed by atoms with Gasteiger partial charge in [-0.3, -0.25) is 0 Å². The molecule has 0 aliphatic carbocycles. The largest absolute Gasteiger partial charge is 0.453 e. The van der Waals surface area contributed by atoms with E-state index in [0.717, 1.165) is 5.56 Å². The van der Waals surface area contributed by atoms with E-state index < -0.39 is 0 Å². The summed E-state index contributed by atoms with van der Waals surface area (Å²) in [5.74, 6) is -0.297. The second-order valence-corrected chi connectivity index (χ2v) is 3.96. The lowest BCUT2D eigenvalue weighted by atomic mass is 10.1. The highest BCUT2D eigenvalue weighted by Gasteiger charge is 2.15. The molecule has 0 fully saturated rings. The molecule has 0 unspecified atom stereocenters. The molecule has 1 heterocycles. The molecule has 0 radical (unpaired) electrons. The van der Waals surface area contributed by atoms with Crippen molar-refractivity contribution in [1.29, 1.82) is 0 Å². The van der Waals surface area contributed by atoms with E-state index in [1.54, 1.807) is 10.6 Å². The number of nitrogens with zero attached hydrogens (tertiary/aromatic N) is 1. The lowest BCUT2D eigenvalue weighted by Crippen LogP contribution is -2.12. The molecule has 0 N–H and O–H groups in total. The molecule has 88 valence electrons. The van der Waals surface area contributed by atoms with Gasteiger partial charge in [0.15, 0.2) is 0 Å². The van der Waals surface area contributed by atoms with Crippen LogP contribution in [0.1, 0.15) is 29.1 Å². The number of benzene rings is 1. The normalized spacial score (nSPS) is 12.1. The minimum absolute atomic E-state index is 0.237. The Morgan fingerprint density at radius 1 is 1.18 bits per heavy atom.